The van der Waals surface area contributed by atoms with Crippen LogP contribution < -0.4 is 10.3 Å². The molecular formula is C23H27N3O4S. The Hall–Kier alpha value is -3.13. The first-order valence-electron chi connectivity index (χ1n) is 9.91. The number of pyridine rings is 2. The second-order valence-electron chi connectivity index (χ2n) is 8.61. The maximum Gasteiger partial charge on any atom is 0.255 e. The Bertz CT molecular complexity index is 1240. The monoisotopic (exact) mass is 441 g/mol. The number of H-pyrrole nitrogens is 1. The minimum absolute atomic E-state index is 0.0834. The smallest absolute Gasteiger partial charge is 0.255 e. The highest BCUT2D eigenvalue weighted by molar-refractivity contribution is 7.92. The molecule has 0 atom stereocenters. The summed E-state index contributed by atoms with van der Waals surface area (Å²) >= 11 is 0. The Morgan fingerprint density at radius 2 is 1.84 bits per heavy atom. The molecule has 1 aromatic carbocycles. The van der Waals surface area contributed by atoms with Gasteiger partial charge in [0.15, 0.2) is 0 Å². The molecule has 0 saturated heterocycles. The van der Waals surface area contributed by atoms with E-state index in [0.29, 0.717) is 29.7 Å². The molecule has 8 heteroatoms. The van der Waals surface area contributed by atoms with Gasteiger partial charge < -0.3 is 10.1 Å². The zero-order chi connectivity index (χ0) is 22.8. The summed E-state index contributed by atoms with van der Waals surface area (Å²) in [5, 5.41) is 11.0. The van der Waals surface area contributed by atoms with Gasteiger partial charge in [0.05, 0.1) is 23.7 Å². The molecule has 31 heavy (non-hydrogen) atoms. The third kappa shape index (κ3) is 5.73. The summed E-state index contributed by atoms with van der Waals surface area (Å²) in [5.41, 5.74) is 3.39. The molecule has 0 spiro atoms. The molecule has 3 aromatic rings. The van der Waals surface area contributed by atoms with Crippen LogP contribution in [-0.4, -0.2) is 29.7 Å². The molecule has 3 N–H and O–H groups in total. The van der Waals surface area contributed by atoms with Gasteiger partial charge in [0.2, 0.25) is 10.0 Å². The first kappa shape index (κ1) is 22.6. The van der Waals surface area contributed by atoms with E-state index in [4.69, 9.17) is 0 Å². The summed E-state index contributed by atoms with van der Waals surface area (Å²) in [6.45, 7) is 6.24. The molecule has 2 aromatic heterocycles. The molecule has 0 amide bonds. The Labute approximate surface area is 182 Å². The molecule has 0 bridgehead atoms. The lowest BCUT2D eigenvalue weighted by molar-refractivity contribution is 0.468. The molecule has 0 fully saturated rings. The summed E-state index contributed by atoms with van der Waals surface area (Å²) in [6, 6.07) is 10.7. The fourth-order valence-corrected chi connectivity index (χ4v) is 3.82. The number of rotatable bonds is 6. The molecule has 0 aliphatic rings. The molecule has 0 saturated carbocycles. The molecule has 2 heterocycles. The van der Waals surface area contributed by atoms with Crippen molar-refractivity contribution in [3.63, 3.8) is 0 Å². The number of hydrogen-bond acceptors (Lipinski definition) is 5. The highest BCUT2D eigenvalue weighted by Crippen LogP contribution is 2.36. The molecule has 7 nitrogen and oxygen atoms in total. The minimum Gasteiger partial charge on any atom is -0.507 e. The van der Waals surface area contributed by atoms with Gasteiger partial charge in [0, 0.05) is 17.5 Å². The first-order chi connectivity index (χ1) is 14.4. The van der Waals surface area contributed by atoms with Crippen molar-refractivity contribution in [1.29, 1.82) is 0 Å². The number of anilines is 1. The lowest BCUT2D eigenvalue weighted by Crippen LogP contribution is -2.14. The third-order valence-corrected chi connectivity index (χ3v) is 5.55. The van der Waals surface area contributed by atoms with E-state index in [1.54, 1.807) is 30.5 Å². The molecule has 0 radical (unpaired) electrons. The van der Waals surface area contributed by atoms with Crippen LogP contribution in [0.4, 0.5) is 5.69 Å². The van der Waals surface area contributed by atoms with Crippen LogP contribution in [0.2, 0.25) is 0 Å². The number of aromatic amines is 1. The zero-order valence-electron chi connectivity index (χ0n) is 18.1. The Morgan fingerprint density at radius 3 is 2.42 bits per heavy atom. The standard InChI is InChI=1S/C23H27N3O4S/c1-23(2,3)16-12-15(21(27)20(13-16)19-6-5-11-24-22(19)28)7-8-17-9-10-18(14-25-17)26-31(4,29)30/h5-6,9-14,26-27H,7-8H2,1-4H3,(H,24,28). The van der Waals surface area contributed by atoms with Crippen molar-refractivity contribution < 1.29 is 13.5 Å². The predicted molar refractivity (Wildman–Crippen MR) is 123 cm³/mol. The van der Waals surface area contributed by atoms with Crippen LogP contribution in [0.1, 0.15) is 37.6 Å². The lowest BCUT2D eigenvalue weighted by Gasteiger charge is -2.22. The van der Waals surface area contributed by atoms with Crippen molar-refractivity contribution in [1.82, 2.24) is 9.97 Å². The molecule has 164 valence electrons. The van der Waals surface area contributed by atoms with Gasteiger partial charge in [0.1, 0.15) is 5.75 Å². The zero-order valence-corrected chi connectivity index (χ0v) is 18.9. The van der Waals surface area contributed by atoms with Gasteiger partial charge in [0.25, 0.3) is 5.56 Å². The van der Waals surface area contributed by atoms with E-state index < -0.39 is 10.0 Å². The second-order valence-corrected chi connectivity index (χ2v) is 10.4. The fraction of sp³-hybridized carbons (Fsp3) is 0.304. The van der Waals surface area contributed by atoms with E-state index in [2.05, 4.69) is 35.5 Å². The van der Waals surface area contributed by atoms with Gasteiger partial charge >= 0.3 is 0 Å². The SMILES string of the molecule is CC(C)(C)c1cc(CCc2ccc(NS(C)(=O)=O)cn2)c(O)c(-c2ccc[nH]c2=O)c1. The quantitative estimate of drug-likeness (QED) is 0.541. The van der Waals surface area contributed by atoms with Crippen molar-refractivity contribution in [3.8, 4) is 16.9 Å². The van der Waals surface area contributed by atoms with Crippen molar-refractivity contribution in [2.45, 2.75) is 39.0 Å². The molecular weight excluding hydrogens is 414 g/mol. The first-order valence-corrected chi connectivity index (χ1v) is 11.8. The number of hydrogen-bond donors (Lipinski definition) is 3. The molecule has 0 aliphatic heterocycles. The number of sulfonamides is 1. The molecule has 0 unspecified atom stereocenters. The minimum atomic E-state index is -3.36. The largest absolute Gasteiger partial charge is 0.507 e. The van der Waals surface area contributed by atoms with Gasteiger partial charge in [-0.3, -0.25) is 14.5 Å². The van der Waals surface area contributed by atoms with Crippen molar-refractivity contribution >= 4 is 15.7 Å². The highest BCUT2D eigenvalue weighted by Gasteiger charge is 2.20. The van der Waals surface area contributed by atoms with E-state index in [9.17, 15) is 18.3 Å². The van der Waals surface area contributed by atoms with Gasteiger partial charge in [-0.15, -0.1) is 0 Å². The third-order valence-electron chi connectivity index (χ3n) is 4.94. The van der Waals surface area contributed by atoms with Crippen LogP contribution in [-0.2, 0) is 28.3 Å². The van der Waals surface area contributed by atoms with Crippen LogP contribution in [0.5, 0.6) is 5.75 Å². The Morgan fingerprint density at radius 1 is 1.10 bits per heavy atom. The average Bonchev–Trinajstić information content (AvgIpc) is 2.67. The van der Waals surface area contributed by atoms with E-state index in [1.807, 2.05) is 12.1 Å². The number of aromatic nitrogens is 2. The van der Waals surface area contributed by atoms with Crippen molar-refractivity contribution in [2.75, 3.05) is 11.0 Å². The maximum atomic E-state index is 12.3. The number of benzene rings is 1. The Kier molecular flexibility index (Phi) is 6.22. The summed E-state index contributed by atoms with van der Waals surface area (Å²) < 4.78 is 25.0. The second kappa shape index (κ2) is 8.55. The average molecular weight is 442 g/mol. The fourth-order valence-electron chi connectivity index (χ4n) is 3.27. The molecule has 0 aliphatic carbocycles. The number of phenolic OH excluding ortho intramolecular Hbond substituents is 1. The van der Waals surface area contributed by atoms with E-state index in [-0.39, 0.29) is 16.7 Å². The van der Waals surface area contributed by atoms with Gasteiger partial charge in [-0.05, 0) is 59.7 Å². The van der Waals surface area contributed by atoms with E-state index in [0.717, 1.165) is 23.1 Å². The van der Waals surface area contributed by atoms with Crippen LogP contribution in [0.3, 0.4) is 0 Å². The van der Waals surface area contributed by atoms with Crippen LogP contribution in [0, 0.1) is 0 Å². The topological polar surface area (TPSA) is 112 Å². The summed E-state index contributed by atoms with van der Waals surface area (Å²) in [4.78, 5) is 19.3. The van der Waals surface area contributed by atoms with Gasteiger partial charge in [-0.2, -0.15) is 0 Å². The lowest BCUT2D eigenvalue weighted by atomic mass is 9.83. The highest BCUT2D eigenvalue weighted by atomic mass is 32.2. The number of phenols is 1. The number of nitrogens with one attached hydrogen (secondary N) is 2. The summed E-state index contributed by atoms with van der Waals surface area (Å²) in [5.74, 6) is 0.0834. The maximum absolute atomic E-state index is 12.3. The Balaban J connectivity index is 1.93. The number of aromatic hydroxyl groups is 1. The predicted octanol–water partition coefficient (Wildman–Crippen LogP) is 3.60. The van der Waals surface area contributed by atoms with Crippen LogP contribution in [0.15, 0.2) is 53.6 Å². The van der Waals surface area contributed by atoms with Crippen LogP contribution >= 0.6 is 0 Å². The normalized spacial score (nSPS) is 12.0. The van der Waals surface area contributed by atoms with Gasteiger partial charge in [-0.1, -0.05) is 26.8 Å². The summed E-state index contributed by atoms with van der Waals surface area (Å²) in [7, 11) is -3.36. The van der Waals surface area contributed by atoms with Gasteiger partial charge in [-0.25, -0.2) is 8.42 Å². The van der Waals surface area contributed by atoms with Crippen LogP contribution in [0.25, 0.3) is 11.1 Å². The summed E-state index contributed by atoms with van der Waals surface area (Å²) in [6.07, 6.45) is 5.17. The number of nitrogens with zero attached hydrogens (tertiary/aromatic N) is 1. The molecule has 3 rings (SSSR count). The van der Waals surface area contributed by atoms with Crippen molar-refractivity contribution in [3.05, 3.63) is 76.0 Å². The number of aryl methyl sites for hydroxylation is 2. The van der Waals surface area contributed by atoms with E-state index in [1.165, 1.54) is 6.20 Å². The van der Waals surface area contributed by atoms with Crippen molar-refractivity contribution in [2.24, 2.45) is 0 Å². The van der Waals surface area contributed by atoms with E-state index >= 15 is 0 Å².